The van der Waals surface area contributed by atoms with E-state index in [0.29, 0.717) is 17.8 Å². The molecule has 0 unspecified atom stereocenters. The van der Waals surface area contributed by atoms with Gasteiger partial charge in [0.2, 0.25) is 0 Å². The van der Waals surface area contributed by atoms with Crippen molar-refractivity contribution in [3.8, 4) is 0 Å². The number of amides is 1. The maximum Gasteiger partial charge on any atom is 0.251 e. The van der Waals surface area contributed by atoms with Crippen molar-refractivity contribution in [1.82, 2.24) is 9.88 Å². The minimum Gasteiger partial charge on any atom is -0.399 e. The van der Waals surface area contributed by atoms with Gasteiger partial charge in [-0.1, -0.05) is 36.4 Å². The Kier molecular flexibility index (Phi) is 6.03. The Morgan fingerprint density at radius 3 is 2.03 bits per heavy atom. The van der Waals surface area contributed by atoms with E-state index in [9.17, 15) is 9.59 Å². The molecule has 5 heteroatoms. The lowest BCUT2D eigenvalue weighted by molar-refractivity contribution is -0.120. The second-order valence-corrected chi connectivity index (χ2v) is 7.90. The molecule has 4 aromatic rings. The summed E-state index contributed by atoms with van der Waals surface area (Å²) in [6, 6.07) is 23.1. The summed E-state index contributed by atoms with van der Waals surface area (Å²) < 4.78 is 2.18. The average molecular weight is 414 g/mol. The number of anilines is 1. The fourth-order valence-electron chi connectivity index (χ4n) is 4.20. The summed E-state index contributed by atoms with van der Waals surface area (Å²) in [5.41, 5.74) is 9.07. The minimum absolute atomic E-state index is 0.106. The van der Waals surface area contributed by atoms with Gasteiger partial charge in [0, 0.05) is 39.6 Å². The van der Waals surface area contributed by atoms with Crippen molar-refractivity contribution >= 4 is 39.2 Å². The number of Topliss-reactive ketones (excluding diaryl/α,β-unsaturated/α-hetero) is 1. The summed E-state index contributed by atoms with van der Waals surface area (Å²) in [6.07, 6.45) is 2.38. The summed E-state index contributed by atoms with van der Waals surface area (Å²) >= 11 is 0. The highest BCUT2D eigenvalue weighted by Gasteiger charge is 2.21. The predicted octanol–water partition coefficient (Wildman–Crippen LogP) is 5.11. The normalized spacial score (nSPS) is 12.2. The maximum atomic E-state index is 12.6. The van der Waals surface area contributed by atoms with Crippen molar-refractivity contribution in [2.45, 2.75) is 32.2 Å². The van der Waals surface area contributed by atoms with Gasteiger partial charge in [0.1, 0.15) is 0 Å². The molecule has 0 fully saturated rings. The number of fused-ring (bicyclic) bond motifs is 3. The molecule has 0 bridgehead atoms. The number of nitrogens with one attached hydrogen (secondary N) is 1. The molecule has 0 saturated carbocycles. The Hall–Kier alpha value is -3.60. The molecule has 158 valence electrons. The number of aromatic nitrogens is 1. The van der Waals surface area contributed by atoms with E-state index in [2.05, 4.69) is 34.1 Å². The molecule has 0 spiro atoms. The Labute approximate surface area is 181 Å². The van der Waals surface area contributed by atoms with Crippen molar-refractivity contribution < 1.29 is 9.59 Å². The molecule has 5 nitrogen and oxygen atoms in total. The van der Waals surface area contributed by atoms with Crippen LogP contribution in [0.2, 0.25) is 0 Å². The first-order chi connectivity index (χ1) is 15.1. The van der Waals surface area contributed by atoms with Crippen LogP contribution in [-0.4, -0.2) is 22.8 Å². The predicted molar refractivity (Wildman–Crippen MR) is 126 cm³/mol. The topological polar surface area (TPSA) is 77.1 Å². The van der Waals surface area contributed by atoms with Crippen LogP contribution in [0.15, 0.2) is 72.8 Å². The van der Waals surface area contributed by atoms with Gasteiger partial charge in [-0.3, -0.25) is 9.59 Å². The molecular weight excluding hydrogens is 386 g/mol. The molecule has 1 atom stereocenters. The van der Waals surface area contributed by atoms with E-state index < -0.39 is 0 Å². The Morgan fingerprint density at radius 2 is 1.45 bits per heavy atom. The summed E-state index contributed by atoms with van der Waals surface area (Å²) in [6.45, 7) is 2.23. The molecule has 3 aromatic carbocycles. The minimum atomic E-state index is -0.224. The number of para-hydroxylation sites is 2. The number of rotatable bonds is 8. The maximum absolute atomic E-state index is 12.6. The smallest absolute Gasteiger partial charge is 0.251 e. The van der Waals surface area contributed by atoms with Crippen LogP contribution >= 0.6 is 0 Å². The second-order valence-electron chi connectivity index (χ2n) is 7.90. The second kappa shape index (κ2) is 9.04. The van der Waals surface area contributed by atoms with Gasteiger partial charge in [-0.25, -0.2) is 0 Å². The van der Waals surface area contributed by atoms with E-state index in [0.717, 1.165) is 30.3 Å². The molecule has 1 amide bonds. The van der Waals surface area contributed by atoms with Crippen LogP contribution in [0.25, 0.3) is 21.8 Å². The summed E-state index contributed by atoms with van der Waals surface area (Å²) in [5, 5.41) is 5.28. The van der Waals surface area contributed by atoms with Crippen LogP contribution < -0.4 is 11.1 Å². The van der Waals surface area contributed by atoms with Gasteiger partial charge in [0.25, 0.3) is 5.91 Å². The number of nitrogens with zero attached hydrogens (tertiary/aromatic N) is 1. The van der Waals surface area contributed by atoms with Crippen LogP contribution in [-0.2, 0) is 4.79 Å². The fraction of sp³-hybridized carbons (Fsp3) is 0.231. The zero-order valence-corrected chi connectivity index (χ0v) is 17.7. The Balaban J connectivity index is 1.44. The molecule has 0 saturated heterocycles. The lowest BCUT2D eigenvalue weighted by Gasteiger charge is -2.19. The lowest BCUT2D eigenvalue weighted by atomic mass is 10.1. The SMILES string of the molecule is CC(=O)[C@H](CCCCNC(=O)c1ccc(N)cc1)n1c2ccccc2c2ccccc21. The first-order valence-electron chi connectivity index (χ1n) is 10.7. The summed E-state index contributed by atoms with van der Waals surface area (Å²) in [4.78, 5) is 24.8. The van der Waals surface area contributed by atoms with Crippen LogP contribution in [0.3, 0.4) is 0 Å². The van der Waals surface area contributed by atoms with E-state index >= 15 is 0 Å². The number of benzene rings is 3. The number of ketones is 1. The number of hydrogen-bond donors (Lipinski definition) is 2. The molecular formula is C26H27N3O2. The third-order valence-corrected chi connectivity index (χ3v) is 5.76. The zero-order valence-electron chi connectivity index (χ0n) is 17.7. The molecule has 1 heterocycles. The van der Waals surface area contributed by atoms with E-state index in [1.54, 1.807) is 31.2 Å². The standard InChI is InChI=1S/C26H27N3O2/c1-18(30)23(10-6-7-17-28-26(31)19-13-15-20(27)16-14-19)29-24-11-4-2-8-21(24)22-9-3-5-12-25(22)29/h2-5,8-9,11-16,23H,6-7,10,17,27H2,1H3,(H,28,31)/t23-/m0/s1. The highest BCUT2D eigenvalue weighted by Crippen LogP contribution is 2.33. The molecule has 1 aromatic heterocycles. The fourth-order valence-corrected chi connectivity index (χ4v) is 4.20. The summed E-state index contributed by atoms with van der Waals surface area (Å²) in [5.74, 6) is 0.0444. The number of carbonyl (C=O) groups excluding carboxylic acids is 2. The Morgan fingerprint density at radius 1 is 0.871 bits per heavy atom. The molecule has 3 N–H and O–H groups in total. The van der Waals surface area contributed by atoms with Crippen LogP contribution in [0, 0.1) is 0 Å². The quantitative estimate of drug-likeness (QED) is 0.311. The molecule has 0 aliphatic rings. The third-order valence-electron chi connectivity index (χ3n) is 5.76. The number of unbranched alkanes of at least 4 members (excludes halogenated alkanes) is 1. The number of carbonyl (C=O) groups is 2. The lowest BCUT2D eigenvalue weighted by Crippen LogP contribution is -2.24. The van der Waals surface area contributed by atoms with E-state index in [-0.39, 0.29) is 17.7 Å². The van der Waals surface area contributed by atoms with E-state index in [4.69, 9.17) is 5.73 Å². The van der Waals surface area contributed by atoms with Crippen molar-refractivity contribution in [3.05, 3.63) is 78.4 Å². The van der Waals surface area contributed by atoms with Crippen molar-refractivity contribution in [3.63, 3.8) is 0 Å². The zero-order chi connectivity index (χ0) is 21.8. The molecule has 0 aliphatic heterocycles. The summed E-state index contributed by atoms with van der Waals surface area (Å²) in [7, 11) is 0. The van der Waals surface area contributed by atoms with Crippen molar-refractivity contribution in [2.75, 3.05) is 12.3 Å². The van der Waals surface area contributed by atoms with Crippen LogP contribution in [0.1, 0.15) is 42.6 Å². The largest absolute Gasteiger partial charge is 0.399 e. The van der Waals surface area contributed by atoms with Crippen LogP contribution in [0.5, 0.6) is 0 Å². The number of nitrogen functional groups attached to an aromatic ring is 1. The molecule has 0 radical (unpaired) electrons. The number of hydrogen-bond acceptors (Lipinski definition) is 3. The van der Waals surface area contributed by atoms with E-state index in [1.165, 1.54) is 10.8 Å². The van der Waals surface area contributed by atoms with Crippen molar-refractivity contribution in [1.29, 1.82) is 0 Å². The van der Waals surface area contributed by atoms with Crippen LogP contribution in [0.4, 0.5) is 5.69 Å². The van der Waals surface area contributed by atoms with Gasteiger partial charge in [0.15, 0.2) is 5.78 Å². The van der Waals surface area contributed by atoms with E-state index in [1.807, 2.05) is 24.3 Å². The third kappa shape index (κ3) is 4.31. The first-order valence-corrected chi connectivity index (χ1v) is 10.7. The Bertz CT molecular complexity index is 1170. The van der Waals surface area contributed by atoms with Gasteiger partial charge in [-0.15, -0.1) is 0 Å². The van der Waals surface area contributed by atoms with Gasteiger partial charge in [-0.05, 0) is 62.6 Å². The van der Waals surface area contributed by atoms with Gasteiger partial charge in [0.05, 0.1) is 6.04 Å². The monoisotopic (exact) mass is 413 g/mol. The molecule has 31 heavy (non-hydrogen) atoms. The van der Waals surface area contributed by atoms with Gasteiger partial charge in [-0.2, -0.15) is 0 Å². The van der Waals surface area contributed by atoms with Gasteiger partial charge < -0.3 is 15.6 Å². The average Bonchev–Trinajstić information content (AvgIpc) is 3.11. The first kappa shape index (κ1) is 20.7. The van der Waals surface area contributed by atoms with Gasteiger partial charge >= 0.3 is 0 Å². The number of nitrogens with two attached hydrogens (primary N) is 1. The highest BCUT2D eigenvalue weighted by molar-refractivity contribution is 6.09. The molecule has 0 aliphatic carbocycles. The highest BCUT2D eigenvalue weighted by atomic mass is 16.1. The van der Waals surface area contributed by atoms with Crippen molar-refractivity contribution in [2.24, 2.45) is 0 Å². The molecule has 4 rings (SSSR count).